The number of aliphatic carboxylic acids is 1. The van der Waals surface area contributed by atoms with Gasteiger partial charge in [0.1, 0.15) is 5.69 Å². The first kappa shape index (κ1) is 24.5. The first-order valence-corrected chi connectivity index (χ1v) is 10.6. The summed E-state index contributed by atoms with van der Waals surface area (Å²) in [4.78, 5) is 50.4. The van der Waals surface area contributed by atoms with E-state index in [4.69, 9.17) is 4.74 Å². The van der Waals surface area contributed by atoms with Crippen LogP contribution in [0.1, 0.15) is 33.9 Å². The topological polar surface area (TPSA) is 142 Å². The van der Waals surface area contributed by atoms with Crippen LogP contribution in [-0.4, -0.2) is 66.2 Å². The van der Waals surface area contributed by atoms with Crippen LogP contribution in [-0.2, 0) is 9.53 Å². The van der Waals surface area contributed by atoms with Crippen molar-refractivity contribution >= 4 is 29.3 Å². The van der Waals surface area contributed by atoms with Crippen LogP contribution in [0.5, 0.6) is 0 Å². The van der Waals surface area contributed by atoms with Gasteiger partial charge in [-0.3, -0.25) is 19.7 Å². The second kappa shape index (κ2) is 10.6. The zero-order chi connectivity index (χ0) is 24.8. The molecule has 1 saturated heterocycles. The minimum absolute atomic E-state index is 0.0474. The highest BCUT2D eigenvalue weighted by Gasteiger charge is 2.28. The third-order valence-electron chi connectivity index (χ3n) is 5.65. The molecule has 34 heavy (non-hydrogen) atoms. The highest BCUT2D eigenvalue weighted by molar-refractivity contribution is 5.96. The number of nitro benzene ring substituents is 1. The lowest BCUT2D eigenvalue weighted by molar-refractivity contribution is -0.384. The SMILES string of the molecule is COC(=O)N1CCN(c2ccc(C(=O)NC(CC(=O)O)c3ccc(C)cc3)cc2[N+](=O)[O-])CC1. The second-order valence-corrected chi connectivity index (χ2v) is 7.94. The molecular weight excluding hydrogens is 444 g/mol. The van der Waals surface area contributed by atoms with E-state index in [1.165, 1.54) is 30.2 Å². The molecule has 1 atom stereocenters. The standard InChI is InChI=1S/C23H26N4O7/c1-15-3-5-16(6-4-15)18(14-21(28)29)24-22(30)17-7-8-19(20(13-17)27(32)33)25-9-11-26(12-10-25)23(31)34-2/h3-8,13,18H,9-12,14H2,1-2H3,(H,24,30)(H,28,29). The lowest BCUT2D eigenvalue weighted by atomic mass is 10.0. The molecule has 0 spiro atoms. The van der Waals surface area contributed by atoms with Gasteiger partial charge in [0.2, 0.25) is 0 Å². The Morgan fingerprint density at radius 2 is 1.76 bits per heavy atom. The number of carboxylic acids is 1. The number of hydrogen-bond acceptors (Lipinski definition) is 7. The van der Waals surface area contributed by atoms with E-state index in [1.54, 1.807) is 17.0 Å². The summed E-state index contributed by atoms with van der Waals surface area (Å²) in [6.07, 6.45) is -0.787. The van der Waals surface area contributed by atoms with Crippen LogP contribution in [0.15, 0.2) is 42.5 Å². The summed E-state index contributed by atoms with van der Waals surface area (Å²) in [6.45, 7) is 3.33. The van der Waals surface area contributed by atoms with Crippen LogP contribution < -0.4 is 10.2 Å². The normalized spacial score (nSPS) is 14.3. The van der Waals surface area contributed by atoms with E-state index in [-0.39, 0.29) is 17.7 Å². The molecule has 3 rings (SSSR count). The number of aryl methyl sites for hydroxylation is 1. The number of carbonyl (C=O) groups is 3. The molecule has 1 aliphatic rings. The van der Waals surface area contributed by atoms with E-state index in [0.717, 1.165) is 5.56 Å². The number of carboxylic acid groups (broad SMARTS) is 1. The molecule has 0 saturated carbocycles. The van der Waals surface area contributed by atoms with Crippen molar-refractivity contribution in [3.8, 4) is 0 Å². The number of hydrogen-bond donors (Lipinski definition) is 2. The molecule has 1 aliphatic heterocycles. The lowest BCUT2D eigenvalue weighted by Crippen LogP contribution is -2.48. The first-order valence-electron chi connectivity index (χ1n) is 10.6. The molecule has 2 aromatic rings. The van der Waals surface area contributed by atoms with Crippen molar-refractivity contribution in [3.05, 3.63) is 69.3 Å². The Morgan fingerprint density at radius 1 is 1.12 bits per heavy atom. The predicted octanol–water partition coefficient (Wildman–Crippen LogP) is 2.74. The molecule has 1 heterocycles. The Labute approximate surface area is 196 Å². The first-order chi connectivity index (χ1) is 16.2. The molecule has 1 unspecified atom stereocenters. The molecule has 0 aliphatic carbocycles. The Bertz CT molecular complexity index is 1080. The zero-order valence-electron chi connectivity index (χ0n) is 18.9. The molecule has 0 aromatic heterocycles. The molecule has 1 fully saturated rings. The van der Waals surface area contributed by atoms with Crippen LogP contribution in [0.4, 0.5) is 16.2 Å². The number of anilines is 1. The minimum Gasteiger partial charge on any atom is -0.481 e. The van der Waals surface area contributed by atoms with E-state index >= 15 is 0 Å². The fourth-order valence-electron chi connectivity index (χ4n) is 3.80. The Balaban J connectivity index is 1.80. The van der Waals surface area contributed by atoms with Crippen LogP contribution in [0.25, 0.3) is 0 Å². The molecule has 2 amide bonds. The van der Waals surface area contributed by atoms with Gasteiger partial charge in [-0.25, -0.2) is 4.79 Å². The summed E-state index contributed by atoms with van der Waals surface area (Å²) in [5, 5.41) is 23.7. The van der Waals surface area contributed by atoms with Gasteiger partial charge >= 0.3 is 12.1 Å². The summed E-state index contributed by atoms with van der Waals surface area (Å²) < 4.78 is 4.71. The van der Waals surface area contributed by atoms with E-state index in [0.29, 0.717) is 37.4 Å². The average Bonchev–Trinajstić information content (AvgIpc) is 2.83. The maximum atomic E-state index is 12.9. The molecule has 180 valence electrons. The Hall–Kier alpha value is -4.15. The van der Waals surface area contributed by atoms with Crippen molar-refractivity contribution in [2.24, 2.45) is 0 Å². The van der Waals surface area contributed by atoms with E-state index < -0.39 is 28.9 Å². The molecule has 0 bridgehead atoms. The predicted molar refractivity (Wildman–Crippen MR) is 123 cm³/mol. The van der Waals surface area contributed by atoms with Crippen molar-refractivity contribution in [2.75, 3.05) is 38.2 Å². The number of methoxy groups -OCH3 is 1. The summed E-state index contributed by atoms with van der Waals surface area (Å²) in [7, 11) is 1.29. The summed E-state index contributed by atoms with van der Waals surface area (Å²) in [5.74, 6) is -1.70. The molecule has 11 heteroatoms. The number of nitrogens with one attached hydrogen (secondary N) is 1. The Morgan fingerprint density at radius 3 is 2.32 bits per heavy atom. The number of amides is 2. The van der Waals surface area contributed by atoms with Gasteiger partial charge in [-0.05, 0) is 24.6 Å². The third kappa shape index (κ3) is 5.80. The third-order valence-corrected chi connectivity index (χ3v) is 5.65. The smallest absolute Gasteiger partial charge is 0.409 e. The maximum Gasteiger partial charge on any atom is 0.409 e. The molecule has 0 radical (unpaired) electrons. The molecule has 2 N–H and O–H groups in total. The summed E-state index contributed by atoms with van der Waals surface area (Å²) in [5.41, 5.74) is 1.75. The fraction of sp³-hybridized carbons (Fsp3) is 0.348. The van der Waals surface area contributed by atoms with Gasteiger partial charge in [-0.1, -0.05) is 29.8 Å². The van der Waals surface area contributed by atoms with Crippen molar-refractivity contribution in [1.82, 2.24) is 10.2 Å². The number of benzene rings is 2. The quantitative estimate of drug-likeness (QED) is 0.465. The minimum atomic E-state index is -1.08. The van der Waals surface area contributed by atoms with Gasteiger partial charge < -0.3 is 25.0 Å². The highest BCUT2D eigenvalue weighted by atomic mass is 16.6. The van der Waals surface area contributed by atoms with Crippen LogP contribution in [0.3, 0.4) is 0 Å². The van der Waals surface area contributed by atoms with Crippen LogP contribution in [0, 0.1) is 17.0 Å². The summed E-state index contributed by atoms with van der Waals surface area (Å²) in [6, 6.07) is 10.5. The highest BCUT2D eigenvalue weighted by Crippen LogP contribution is 2.30. The number of carbonyl (C=O) groups excluding carboxylic acids is 2. The number of rotatable bonds is 7. The fourth-order valence-corrected chi connectivity index (χ4v) is 3.80. The summed E-state index contributed by atoms with van der Waals surface area (Å²) >= 11 is 0. The van der Waals surface area contributed by atoms with Crippen molar-refractivity contribution in [1.29, 1.82) is 0 Å². The van der Waals surface area contributed by atoms with Gasteiger partial charge in [0.05, 0.1) is 24.5 Å². The van der Waals surface area contributed by atoms with Crippen LogP contribution >= 0.6 is 0 Å². The molecule has 2 aromatic carbocycles. The van der Waals surface area contributed by atoms with E-state index in [1.807, 2.05) is 19.1 Å². The van der Waals surface area contributed by atoms with Gasteiger partial charge in [0, 0.05) is 37.8 Å². The number of ether oxygens (including phenoxy) is 1. The lowest BCUT2D eigenvalue weighted by Gasteiger charge is -2.34. The number of nitrogens with zero attached hydrogens (tertiary/aromatic N) is 3. The number of nitro groups is 1. The number of piperazine rings is 1. The average molecular weight is 470 g/mol. The second-order valence-electron chi connectivity index (χ2n) is 7.94. The monoisotopic (exact) mass is 470 g/mol. The zero-order valence-corrected chi connectivity index (χ0v) is 18.9. The molecule has 11 nitrogen and oxygen atoms in total. The van der Waals surface area contributed by atoms with E-state index in [9.17, 15) is 29.6 Å². The van der Waals surface area contributed by atoms with Crippen LogP contribution in [0.2, 0.25) is 0 Å². The molecular formula is C23H26N4O7. The van der Waals surface area contributed by atoms with Crippen molar-refractivity contribution in [3.63, 3.8) is 0 Å². The Kier molecular flexibility index (Phi) is 7.67. The van der Waals surface area contributed by atoms with Gasteiger partial charge in [0.15, 0.2) is 0 Å². The van der Waals surface area contributed by atoms with Crippen molar-refractivity contribution in [2.45, 2.75) is 19.4 Å². The maximum absolute atomic E-state index is 12.9. The van der Waals surface area contributed by atoms with Gasteiger partial charge in [-0.2, -0.15) is 0 Å². The van der Waals surface area contributed by atoms with Gasteiger partial charge in [0.25, 0.3) is 11.6 Å². The largest absolute Gasteiger partial charge is 0.481 e. The van der Waals surface area contributed by atoms with E-state index in [2.05, 4.69) is 5.32 Å². The van der Waals surface area contributed by atoms with Crippen molar-refractivity contribution < 1.29 is 29.2 Å². The van der Waals surface area contributed by atoms with Gasteiger partial charge in [-0.15, -0.1) is 0 Å².